The van der Waals surface area contributed by atoms with Crippen molar-refractivity contribution in [1.82, 2.24) is 34.8 Å². The van der Waals surface area contributed by atoms with Crippen molar-refractivity contribution in [3.05, 3.63) is 54.0 Å². The van der Waals surface area contributed by atoms with E-state index in [1.165, 1.54) is 4.80 Å². The van der Waals surface area contributed by atoms with Crippen LogP contribution in [0.1, 0.15) is 48.1 Å². The molecule has 2 aliphatic rings. The summed E-state index contributed by atoms with van der Waals surface area (Å²) in [5, 5.41) is 12.0. The third-order valence-electron chi connectivity index (χ3n) is 6.44. The third kappa shape index (κ3) is 3.43. The summed E-state index contributed by atoms with van der Waals surface area (Å²) in [4.78, 5) is 30.8. The quantitative estimate of drug-likeness (QED) is 0.679. The Balaban J connectivity index is 1.47. The number of carbonyl (C=O) groups excluding carboxylic acids is 1. The van der Waals surface area contributed by atoms with Gasteiger partial charge in [0.25, 0.3) is 5.91 Å². The molecule has 0 aromatic carbocycles. The second-order valence-electron chi connectivity index (χ2n) is 8.42. The van der Waals surface area contributed by atoms with E-state index >= 15 is 0 Å². The second-order valence-corrected chi connectivity index (χ2v) is 8.42. The molecular formula is C22H26N8O. The normalized spacial score (nSPS) is 24.5. The number of anilines is 1. The molecule has 5 rings (SSSR count). The Bertz CT molecular complexity index is 1080. The van der Waals surface area contributed by atoms with Gasteiger partial charge in [-0.3, -0.25) is 9.78 Å². The first kappa shape index (κ1) is 19.6. The van der Waals surface area contributed by atoms with Gasteiger partial charge < -0.3 is 10.2 Å². The molecule has 9 heteroatoms. The Labute approximate surface area is 180 Å². The number of nitrogens with zero attached hydrogens (tertiary/aromatic N) is 7. The van der Waals surface area contributed by atoms with Crippen molar-refractivity contribution < 1.29 is 4.79 Å². The van der Waals surface area contributed by atoms with E-state index in [-0.39, 0.29) is 24.0 Å². The molecule has 2 bridgehead atoms. The summed E-state index contributed by atoms with van der Waals surface area (Å²) in [6.45, 7) is 5.96. The van der Waals surface area contributed by atoms with Gasteiger partial charge in [0, 0.05) is 17.8 Å². The van der Waals surface area contributed by atoms with Gasteiger partial charge in [0.05, 0.1) is 36.5 Å². The smallest absolute Gasteiger partial charge is 0.275 e. The monoisotopic (exact) mass is 418 g/mol. The first-order valence-corrected chi connectivity index (χ1v) is 10.8. The molecule has 9 nitrogen and oxygen atoms in total. The number of amides is 1. The molecule has 3 aromatic heterocycles. The molecule has 3 aromatic rings. The summed E-state index contributed by atoms with van der Waals surface area (Å²) in [7, 11) is 0. The van der Waals surface area contributed by atoms with Gasteiger partial charge in [-0.2, -0.15) is 10.2 Å². The van der Waals surface area contributed by atoms with Gasteiger partial charge in [-0.25, -0.2) is 9.97 Å². The van der Waals surface area contributed by atoms with Gasteiger partial charge in [0.15, 0.2) is 5.69 Å². The predicted octanol–water partition coefficient (Wildman–Crippen LogP) is 2.56. The number of rotatable bonds is 5. The van der Waals surface area contributed by atoms with Crippen molar-refractivity contribution in [3.8, 4) is 5.69 Å². The fourth-order valence-electron chi connectivity index (χ4n) is 5.12. The molecule has 1 amide bonds. The van der Waals surface area contributed by atoms with Crippen LogP contribution in [0.2, 0.25) is 0 Å². The molecular weight excluding hydrogens is 392 g/mol. The van der Waals surface area contributed by atoms with Crippen molar-refractivity contribution in [2.24, 2.45) is 5.92 Å². The first-order chi connectivity index (χ1) is 15.0. The van der Waals surface area contributed by atoms with Gasteiger partial charge in [-0.05, 0) is 51.2 Å². The fourth-order valence-corrected chi connectivity index (χ4v) is 5.12. The molecule has 1 aliphatic carbocycles. The maximum Gasteiger partial charge on any atom is 0.275 e. The first-order valence-electron chi connectivity index (χ1n) is 10.8. The van der Waals surface area contributed by atoms with E-state index in [0.717, 1.165) is 36.5 Å². The topological polar surface area (TPSA) is 102 Å². The molecule has 0 radical (unpaired) electrons. The molecule has 4 heterocycles. The third-order valence-corrected chi connectivity index (χ3v) is 6.44. The highest BCUT2D eigenvalue weighted by Gasteiger charge is 2.53. The summed E-state index contributed by atoms with van der Waals surface area (Å²) < 4.78 is 0. The zero-order valence-electron chi connectivity index (χ0n) is 17.9. The number of aryl methyl sites for hydroxylation is 2. The van der Waals surface area contributed by atoms with E-state index in [1.807, 2.05) is 30.9 Å². The number of piperidine rings is 1. The standard InChI is InChI=1S/C22H26N8O/c1-4-17-15-9-16(28-20-12-23-14(3)11-24-20)19(10-15)29(17)22(31)21-18(6-5-13(2)27-21)30-25-7-8-26-30/h5-8,11-12,15-17,19H,4,9-10H2,1-3H3,(H,24,28). The van der Waals surface area contributed by atoms with Crippen LogP contribution < -0.4 is 5.32 Å². The van der Waals surface area contributed by atoms with Crippen LogP contribution >= 0.6 is 0 Å². The SMILES string of the molecule is CCC1C2CC(Nc3cnc(C)cn3)C(C2)N1C(=O)c1nc(C)ccc1-n1nccn1. The van der Waals surface area contributed by atoms with Crippen molar-refractivity contribution in [2.75, 3.05) is 5.32 Å². The molecule has 1 aliphatic heterocycles. The molecule has 4 unspecified atom stereocenters. The van der Waals surface area contributed by atoms with Crippen LogP contribution in [0.15, 0.2) is 36.9 Å². The van der Waals surface area contributed by atoms with Crippen molar-refractivity contribution in [1.29, 1.82) is 0 Å². The number of carbonyl (C=O) groups is 1. The van der Waals surface area contributed by atoms with E-state index < -0.39 is 0 Å². The lowest BCUT2D eigenvalue weighted by Gasteiger charge is -2.39. The zero-order valence-corrected chi connectivity index (χ0v) is 17.9. The number of hydrogen-bond acceptors (Lipinski definition) is 7. The lowest BCUT2D eigenvalue weighted by molar-refractivity contribution is 0.0562. The largest absolute Gasteiger partial charge is 0.364 e. The highest BCUT2D eigenvalue weighted by atomic mass is 16.2. The van der Waals surface area contributed by atoms with E-state index in [4.69, 9.17) is 0 Å². The Morgan fingerprint density at radius 2 is 1.90 bits per heavy atom. The van der Waals surface area contributed by atoms with Gasteiger partial charge in [-0.15, -0.1) is 4.80 Å². The van der Waals surface area contributed by atoms with Crippen molar-refractivity contribution in [2.45, 2.75) is 58.2 Å². The van der Waals surface area contributed by atoms with Gasteiger partial charge in [0.2, 0.25) is 0 Å². The maximum absolute atomic E-state index is 13.9. The van der Waals surface area contributed by atoms with Gasteiger partial charge in [-0.1, -0.05) is 6.92 Å². The molecule has 0 spiro atoms. The minimum Gasteiger partial charge on any atom is -0.364 e. The fraction of sp³-hybridized carbons (Fsp3) is 0.455. The van der Waals surface area contributed by atoms with Crippen LogP contribution in [-0.4, -0.2) is 58.9 Å². The van der Waals surface area contributed by atoms with Crippen LogP contribution in [0.5, 0.6) is 0 Å². The van der Waals surface area contributed by atoms with Crippen LogP contribution in [0.4, 0.5) is 5.82 Å². The summed E-state index contributed by atoms with van der Waals surface area (Å²) in [6, 6.07) is 4.18. The molecule has 2 fully saturated rings. The molecule has 160 valence electrons. The van der Waals surface area contributed by atoms with Crippen LogP contribution in [0.3, 0.4) is 0 Å². The van der Waals surface area contributed by atoms with E-state index in [1.54, 1.807) is 24.8 Å². The summed E-state index contributed by atoms with van der Waals surface area (Å²) >= 11 is 0. The van der Waals surface area contributed by atoms with Crippen molar-refractivity contribution in [3.63, 3.8) is 0 Å². The Hall–Kier alpha value is -3.36. The van der Waals surface area contributed by atoms with Crippen LogP contribution in [0.25, 0.3) is 5.69 Å². The molecule has 1 N–H and O–H groups in total. The summed E-state index contributed by atoms with van der Waals surface area (Å²) in [6.07, 6.45) is 9.65. The van der Waals surface area contributed by atoms with E-state index in [9.17, 15) is 4.79 Å². The van der Waals surface area contributed by atoms with Gasteiger partial charge in [0.1, 0.15) is 11.5 Å². The zero-order chi connectivity index (χ0) is 21.5. The number of hydrogen-bond donors (Lipinski definition) is 1. The minimum absolute atomic E-state index is 0.0585. The highest BCUT2D eigenvalue weighted by molar-refractivity contribution is 5.96. The minimum atomic E-state index is -0.0585. The number of aromatic nitrogens is 6. The number of nitrogens with one attached hydrogen (secondary N) is 1. The second kappa shape index (κ2) is 7.72. The maximum atomic E-state index is 13.9. The van der Waals surface area contributed by atoms with Gasteiger partial charge >= 0.3 is 0 Å². The predicted molar refractivity (Wildman–Crippen MR) is 115 cm³/mol. The van der Waals surface area contributed by atoms with Crippen molar-refractivity contribution >= 4 is 11.7 Å². The molecule has 1 saturated carbocycles. The lowest BCUT2D eigenvalue weighted by Crippen LogP contribution is -2.52. The molecule has 4 atom stereocenters. The Kier molecular flexibility index (Phi) is 4.88. The highest BCUT2D eigenvalue weighted by Crippen LogP contribution is 2.45. The Morgan fingerprint density at radius 3 is 2.61 bits per heavy atom. The Morgan fingerprint density at radius 1 is 1.10 bits per heavy atom. The number of pyridine rings is 1. The van der Waals surface area contributed by atoms with Crippen LogP contribution in [0, 0.1) is 19.8 Å². The summed E-state index contributed by atoms with van der Waals surface area (Å²) in [5.74, 6) is 1.15. The number of fused-ring (bicyclic) bond motifs is 2. The number of likely N-dealkylation sites (tertiary alicyclic amines) is 1. The molecule has 31 heavy (non-hydrogen) atoms. The average Bonchev–Trinajstić information content (AvgIpc) is 3.51. The average molecular weight is 419 g/mol. The molecule has 1 saturated heterocycles. The van der Waals surface area contributed by atoms with E-state index in [2.05, 4.69) is 37.4 Å². The summed E-state index contributed by atoms with van der Waals surface area (Å²) in [5.41, 5.74) is 2.68. The lowest BCUT2D eigenvalue weighted by atomic mass is 9.94. The van der Waals surface area contributed by atoms with Crippen LogP contribution in [-0.2, 0) is 0 Å². The van der Waals surface area contributed by atoms with E-state index in [0.29, 0.717) is 17.3 Å².